The first kappa shape index (κ1) is 21.8. The van der Waals surface area contributed by atoms with E-state index in [0.29, 0.717) is 33.8 Å². The van der Waals surface area contributed by atoms with Gasteiger partial charge in [0.05, 0.1) is 36.6 Å². The van der Waals surface area contributed by atoms with Crippen molar-refractivity contribution in [1.82, 2.24) is 9.88 Å². The molecule has 1 amide bonds. The number of ether oxygens (including phenoxy) is 3. The second-order valence-corrected chi connectivity index (χ2v) is 8.24. The van der Waals surface area contributed by atoms with Gasteiger partial charge in [-0.15, -0.1) is 11.3 Å². The third kappa shape index (κ3) is 5.60. The minimum Gasteiger partial charge on any atom is -0.493 e. The molecule has 29 heavy (non-hydrogen) atoms. The molecule has 0 saturated carbocycles. The number of hydrogen-bond donors (Lipinski definition) is 1. The average molecular weight is 440 g/mol. The summed E-state index contributed by atoms with van der Waals surface area (Å²) in [4.78, 5) is 19.5. The topological polar surface area (TPSA) is 72.9 Å². The Balaban J connectivity index is 1.66. The monoisotopic (exact) mass is 439 g/mol. The highest BCUT2D eigenvalue weighted by atomic mass is 35.5. The molecule has 7 nitrogen and oxygen atoms in total. The molecular weight excluding hydrogens is 414 g/mol. The van der Waals surface area contributed by atoms with E-state index in [0.717, 1.165) is 25.3 Å². The summed E-state index contributed by atoms with van der Waals surface area (Å²) < 4.78 is 16.6. The molecule has 1 fully saturated rings. The molecule has 3 rings (SSSR count). The van der Waals surface area contributed by atoms with Crippen LogP contribution in [0.5, 0.6) is 11.5 Å². The van der Waals surface area contributed by atoms with Gasteiger partial charge in [0, 0.05) is 30.6 Å². The van der Waals surface area contributed by atoms with Gasteiger partial charge < -0.3 is 14.2 Å². The van der Waals surface area contributed by atoms with E-state index >= 15 is 0 Å². The first-order chi connectivity index (χ1) is 13.9. The molecule has 1 aliphatic rings. The number of amides is 1. The number of halogens is 1. The molecule has 1 aromatic carbocycles. The van der Waals surface area contributed by atoms with Crippen LogP contribution in [0.4, 0.5) is 5.13 Å². The summed E-state index contributed by atoms with van der Waals surface area (Å²) >= 11 is 7.66. The molecule has 1 aromatic heterocycles. The Hall–Kier alpha value is -1.87. The molecule has 2 atom stereocenters. The van der Waals surface area contributed by atoms with Gasteiger partial charge in [-0.25, -0.2) is 4.98 Å². The van der Waals surface area contributed by atoms with E-state index in [1.165, 1.54) is 18.4 Å². The van der Waals surface area contributed by atoms with Crippen molar-refractivity contribution in [3.63, 3.8) is 0 Å². The van der Waals surface area contributed by atoms with Gasteiger partial charge >= 0.3 is 0 Å². The van der Waals surface area contributed by atoms with Gasteiger partial charge in [0.25, 0.3) is 5.91 Å². The predicted octanol–water partition coefficient (Wildman–Crippen LogP) is 4.07. The molecule has 0 spiro atoms. The zero-order valence-corrected chi connectivity index (χ0v) is 18.6. The van der Waals surface area contributed by atoms with Crippen LogP contribution >= 0.6 is 22.9 Å². The summed E-state index contributed by atoms with van der Waals surface area (Å²) in [5.41, 5.74) is 1.30. The van der Waals surface area contributed by atoms with E-state index in [1.807, 2.05) is 12.3 Å². The fraction of sp³-hybridized carbons (Fsp3) is 0.500. The van der Waals surface area contributed by atoms with Gasteiger partial charge in [-0.2, -0.15) is 0 Å². The highest BCUT2D eigenvalue weighted by Gasteiger charge is 2.23. The van der Waals surface area contributed by atoms with Crippen molar-refractivity contribution >= 4 is 34.0 Å². The summed E-state index contributed by atoms with van der Waals surface area (Å²) in [7, 11) is 1.51. The van der Waals surface area contributed by atoms with E-state index in [-0.39, 0.29) is 18.1 Å². The van der Waals surface area contributed by atoms with Crippen LogP contribution in [0.25, 0.3) is 0 Å². The van der Waals surface area contributed by atoms with Crippen LogP contribution < -0.4 is 14.8 Å². The normalized spacial score (nSPS) is 19.8. The fourth-order valence-corrected chi connectivity index (χ4v) is 4.35. The molecule has 0 aliphatic carbocycles. The lowest BCUT2D eigenvalue weighted by Crippen LogP contribution is -2.44. The number of hydrogen-bond acceptors (Lipinski definition) is 7. The van der Waals surface area contributed by atoms with Crippen LogP contribution in [-0.2, 0) is 11.3 Å². The molecule has 1 aliphatic heterocycles. The molecule has 2 aromatic rings. The zero-order valence-electron chi connectivity index (χ0n) is 17.0. The van der Waals surface area contributed by atoms with Crippen molar-refractivity contribution in [3.05, 3.63) is 33.8 Å². The van der Waals surface area contributed by atoms with Crippen LogP contribution in [0.15, 0.2) is 17.5 Å². The number of anilines is 1. The van der Waals surface area contributed by atoms with Crippen molar-refractivity contribution in [3.8, 4) is 11.5 Å². The summed E-state index contributed by atoms with van der Waals surface area (Å²) in [6.07, 6.45) is 0.409. The lowest BCUT2D eigenvalue weighted by atomic mass is 10.2. The smallest absolute Gasteiger partial charge is 0.257 e. The molecule has 2 heterocycles. The number of rotatable bonds is 7. The van der Waals surface area contributed by atoms with Gasteiger partial charge in [0.2, 0.25) is 0 Å². The average Bonchev–Trinajstić information content (AvgIpc) is 3.09. The number of nitrogens with zero attached hydrogens (tertiary/aromatic N) is 2. The Labute approximate surface area is 179 Å². The Morgan fingerprint density at radius 2 is 2.10 bits per heavy atom. The highest BCUT2D eigenvalue weighted by Crippen LogP contribution is 2.36. The molecule has 158 valence electrons. The van der Waals surface area contributed by atoms with Crippen molar-refractivity contribution in [2.24, 2.45) is 0 Å². The third-order valence-electron chi connectivity index (χ3n) is 4.43. The number of methoxy groups -OCH3 is 1. The number of morpholine rings is 1. The maximum Gasteiger partial charge on any atom is 0.257 e. The van der Waals surface area contributed by atoms with Crippen molar-refractivity contribution < 1.29 is 19.0 Å². The van der Waals surface area contributed by atoms with Gasteiger partial charge in [0.1, 0.15) is 0 Å². The number of carbonyl (C=O) groups is 1. The summed E-state index contributed by atoms with van der Waals surface area (Å²) in [6.45, 7) is 8.92. The van der Waals surface area contributed by atoms with Gasteiger partial charge in [-0.3, -0.25) is 15.0 Å². The van der Waals surface area contributed by atoms with Gasteiger partial charge in [-0.1, -0.05) is 11.6 Å². The number of benzene rings is 1. The molecule has 0 bridgehead atoms. The number of aromatic nitrogens is 1. The molecule has 1 N–H and O–H groups in total. The molecule has 1 saturated heterocycles. The van der Waals surface area contributed by atoms with Crippen LogP contribution in [-0.4, -0.2) is 54.8 Å². The van der Waals surface area contributed by atoms with Crippen LogP contribution in [0.1, 0.15) is 36.8 Å². The quantitative estimate of drug-likeness (QED) is 0.701. The minimum absolute atomic E-state index is 0.205. The number of carbonyl (C=O) groups excluding carboxylic acids is 1. The van der Waals surface area contributed by atoms with E-state index in [4.69, 9.17) is 25.8 Å². The van der Waals surface area contributed by atoms with Crippen LogP contribution in [0.3, 0.4) is 0 Å². The lowest BCUT2D eigenvalue weighted by molar-refractivity contribution is -0.0707. The maximum absolute atomic E-state index is 12.7. The summed E-state index contributed by atoms with van der Waals surface area (Å²) in [6, 6.07) is 3.17. The second kappa shape index (κ2) is 9.75. The zero-order chi connectivity index (χ0) is 21.0. The number of thiazole rings is 1. The first-order valence-electron chi connectivity index (χ1n) is 9.53. The van der Waals surface area contributed by atoms with Crippen LogP contribution in [0.2, 0.25) is 5.02 Å². The number of nitrogens with one attached hydrogen (secondary N) is 1. The third-order valence-corrected chi connectivity index (χ3v) is 5.52. The van der Waals surface area contributed by atoms with Crippen LogP contribution in [0, 0.1) is 0 Å². The molecule has 0 radical (unpaired) electrons. The second-order valence-electron chi connectivity index (χ2n) is 6.97. The first-order valence-corrected chi connectivity index (χ1v) is 10.8. The standard InChI is InChI=1S/C20H26ClN3O4S/c1-5-27-18-16(21)6-14(7-17(18)26-4)19(25)23-20-22-15(11-29-20)10-24-8-12(2)28-13(3)9-24/h6-7,11-13H,5,8-10H2,1-4H3,(H,22,23,25)/t12-,13-/m1/s1. The van der Waals surface area contributed by atoms with E-state index in [1.54, 1.807) is 12.1 Å². The fourth-order valence-electron chi connectivity index (χ4n) is 3.38. The Bertz CT molecular complexity index is 850. The Morgan fingerprint density at radius 3 is 2.76 bits per heavy atom. The predicted molar refractivity (Wildman–Crippen MR) is 115 cm³/mol. The Morgan fingerprint density at radius 1 is 1.38 bits per heavy atom. The lowest BCUT2D eigenvalue weighted by Gasteiger charge is -2.34. The van der Waals surface area contributed by atoms with E-state index < -0.39 is 0 Å². The molecular formula is C20H26ClN3O4S. The minimum atomic E-state index is -0.303. The summed E-state index contributed by atoms with van der Waals surface area (Å²) in [5, 5.41) is 5.67. The SMILES string of the molecule is CCOc1c(Cl)cc(C(=O)Nc2nc(CN3C[C@@H](C)O[C@H](C)C3)cs2)cc1OC. The van der Waals surface area contributed by atoms with E-state index in [9.17, 15) is 4.79 Å². The van der Waals surface area contributed by atoms with Crippen molar-refractivity contribution in [1.29, 1.82) is 0 Å². The van der Waals surface area contributed by atoms with E-state index in [2.05, 4.69) is 29.0 Å². The Kier molecular flexibility index (Phi) is 7.34. The molecule has 0 unspecified atom stereocenters. The van der Waals surface area contributed by atoms with Crippen molar-refractivity contribution in [2.75, 3.05) is 32.1 Å². The van der Waals surface area contributed by atoms with Crippen molar-refractivity contribution in [2.45, 2.75) is 39.5 Å². The van der Waals surface area contributed by atoms with Gasteiger partial charge in [-0.05, 0) is 32.9 Å². The highest BCUT2D eigenvalue weighted by molar-refractivity contribution is 7.14. The van der Waals surface area contributed by atoms with Gasteiger partial charge in [0.15, 0.2) is 16.6 Å². The maximum atomic E-state index is 12.7. The summed E-state index contributed by atoms with van der Waals surface area (Å²) in [5.74, 6) is 0.543. The largest absolute Gasteiger partial charge is 0.493 e. The molecule has 9 heteroatoms.